The maximum absolute atomic E-state index is 11.9. The van der Waals surface area contributed by atoms with Crippen molar-refractivity contribution in [1.29, 1.82) is 0 Å². The van der Waals surface area contributed by atoms with Crippen molar-refractivity contribution < 1.29 is 29.4 Å². The zero-order chi connectivity index (χ0) is 23.0. The van der Waals surface area contributed by atoms with Crippen molar-refractivity contribution in [3.63, 3.8) is 0 Å². The number of carbonyl (C=O) groups is 4. The van der Waals surface area contributed by atoms with Gasteiger partial charge in [0.25, 0.3) is 0 Å². The fourth-order valence-corrected chi connectivity index (χ4v) is 3.78. The second kappa shape index (κ2) is 15.9. The van der Waals surface area contributed by atoms with Gasteiger partial charge in [0.15, 0.2) is 17.3 Å². The molecule has 6 nitrogen and oxygen atoms in total. The molecule has 0 aromatic carbocycles. The molecule has 0 spiro atoms. The second-order valence-corrected chi connectivity index (χ2v) is 8.23. The van der Waals surface area contributed by atoms with Gasteiger partial charge in [0.1, 0.15) is 5.41 Å². The molecule has 0 fully saturated rings. The lowest BCUT2D eigenvalue weighted by Gasteiger charge is -2.25. The van der Waals surface area contributed by atoms with Crippen molar-refractivity contribution in [3.05, 3.63) is 12.2 Å². The molecule has 0 radical (unpaired) electrons. The van der Waals surface area contributed by atoms with Crippen LogP contribution in [0.25, 0.3) is 0 Å². The molecule has 6 heteroatoms. The zero-order valence-electron chi connectivity index (χ0n) is 19.0. The molecule has 0 rings (SSSR count). The van der Waals surface area contributed by atoms with Gasteiger partial charge in [0, 0.05) is 6.42 Å². The van der Waals surface area contributed by atoms with E-state index in [0.717, 1.165) is 51.4 Å². The average Bonchev–Trinajstić information content (AvgIpc) is 2.64. The number of aliphatic hydroxyl groups is 1. The van der Waals surface area contributed by atoms with E-state index in [9.17, 15) is 24.3 Å². The Kier molecular flexibility index (Phi) is 15.0. The van der Waals surface area contributed by atoms with Crippen LogP contribution >= 0.6 is 0 Å². The predicted octanol–water partition coefficient (Wildman–Crippen LogP) is 4.81. The van der Waals surface area contributed by atoms with Crippen molar-refractivity contribution in [2.75, 3.05) is 0 Å². The van der Waals surface area contributed by atoms with E-state index in [1.165, 1.54) is 20.8 Å². The molecular weight excluding hydrogens is 384 g/mol. The van der Waals surface area contributed by atoms with Gasteiger partial charge in [0.2, 0.25) is 0 Å². The van der Waals surface area contributed by atoms with Crippen molar-refractivity contribution >= 4 is 23.3 Å². The van der Waals surface area contributed by atoms with Gasteiger partial charge in [-0.3, -0.25) is 19.2 Å². The normalized spacial score (nSPS) is 12.8. The smallest absolute Gasteiger partial charge is 0.303 e. The summed E-state index contributed by atoms with van der Waals surface area (Å²) in [5, 5.41) is 18.6. The Hall–Kier alpha value is -1.82. The van der Waals surface area contributed by atoms with Crippen molar-refractivity contribution in [2.45, 2.75) is 110 Å². The van der Waals surface area contributed by atoms with Gasteiger partial charge in [0.05, 0.1) is 6.10 Å². The van der Waals surface area contributed by atoms with E-state index < -0.39 is 17.5 Å². The van der Waals surface area contributed by atoms with Crippen LogP contribution in [0.15, 0.2) is 12.2 Å². The Bertz CT molecular complexity index is 542. The molecule has 0 heterocycles. The van der Waals surface area contributed by atoms with Crippen molar-refractivity contribution in [2.24, 2.45) is 5.41 Å². The first-order chi connectivity index (χ1) is 14.1. The largest absolute Gasteiger partial charge is 0.481 e. The van der Waals surface area contributed by atoms with Gasteiger partial charge < -0.3 is 10.2 Å². The van der Waals surface area contributed by atoms with Gasteiger partial charge in [-0.2, -0.15) is 0 Å². The van der Waals surface area contributed by atoms with Gasteiger partial charge >= 0.3 is 5.97 Å². The third kappa shape index (κ3) is 11.4. The van der Waals surface area contributed by atoms with Gasteiger partial charge in [-0.15, -0.1) is 0 Å². The highest BCUT2D eigenvalue weighted by atomic mass is 16.4. The van der Waals surface area contributed by atoms with Crippen LogP contribution in [0.4, 0.5) is 0 Å². The molecule has 0 aromatic rings. The highest BCUT2D eigenvalue weighted by Gasteiger charge is 2.44. The predicted molar refractivity (Wildman–Crippen MR) is 117 cm³/mol. The first-order valence-electron chi connectivity index (χ1n) is 11.2. The fraction of sp³-hybridized carbons (Fsp3) is 0.750. The number of allylic oxidation sites excluding steroid dienone is 1. The molecule has 0 bridgehead atoms. The minimum atomic E-state index is -1.49. The van der Waals surface area contributed by atoms with E-state index >= 15 is 0 Å². The summed E-state index contributed by atoms with van der Waals surface area (Å²) < 4.78 is 0. The first kappa shape index (κ1) is 28.2. The highest BCUT2D eigenvalue weighted by Crippen LogP contribution is 2.29. The quantitative estimate of drug-likeness (QED) is 0.175. The molecule has 30 heavy (non-hydrogen) atoms. The number of unbranched alkanes of at least 4 members (excludes halogenated alkanes) is 7. The molecule has 0 amide bonds. The lowest BCUT2D eigenvalue weighted by atomic mass is 9.73. The summed E-state index contributed by atoms with van der Waals surface area (Å²) >= 11 is 0. The van der Waals surface area contributed by atoms with Crippen LogP contribution < -0.4 is 0 Å². The molecule has 0 unspecified atom stereocenters. The Morgan fingerprint density at radius 1 is 0.767 bits per heavy atom. The van der Waals surface area contributed by atoms with Crippen LogP contribution in [0.3, 0.4) is 0 Å². The number of rotatable bonds is 19. The SMILES string of the molecule is CC(=O)C(CCCCC[C@@H](O)C/C=C\CCCCCCCC(=O)O)(C(C)=O)C(C)=O. The molecule has 0 aliphatic heterocycles. The van der Waals surface area contributed by atoms with E-state index in [4.69, 9.17) is 5.11 Å². The molecular formula is C24H40O6. The minimum Gasteiger partial charge on any atom is -0.481 e. The van der Waals surface area contributed by atoms with Crippen LogP contribution in [0.5, 0.6) is 0 Å². The maximum Gasteiger partial charge on any atom is 0.303 e. The van der Waals surface area contributed by atoms with E-state index in [2.05, 4.69) is 6.08 Å². The Labute approximate surface area is 181 Å². The summed E-state index contributed by atoms with van der Waals surface area (Å²) in [7, 11) is 0. The minimum absolute atomic E-state index is 0.249. The van der Waals surface area contributed by atoms with Gasteiger partial charge in [-0.25, -0.2) is 0 Å². The summed E-state index contributed by atoms with van der Waals surface area (Å²) in [6.07, 6.45) is 13.5. The lowest BCUT2D eigenvalue weighted by molar-refractivity contribution is -0.147. The molecule has 0 saturated heterocycles. The summed E-state index contributed by atoms with van der Waals surface area (Å²) in [5.74, 6) is -1.87. The number of hydrogen-bond donors (Lipinski definition) is 2. The fourth-order valence-electron chi connectivity index (χ4n) is 3.78. The Morgan fingerprint density at radius 2 is 1.30 bits per heavy atom. The van der Waals surface area contributed by atoms with E-state index in [1.807, 2.05) is 6.08 Å². The third-order valence-electron chi connectivity index (χ3n) is 5.73. The molecule has 0 aliphatic carbocycles. The maximum atomic E-state index is 11.9. The topological polar surface area (TPSA) is 109 Å². The summed E-state index contributed by atoms with van der Waals surface area (Å²) in [6.45, 7) is 3.91. The van der Waals surface area contributed by atoms with E-state index in [-0.39, 0.29) is 30.2 Å². The second-order valence-electron chi connectivity index (χ2n) is 8.23. The van der Waals surface area contributed by atoms with Crippen LogP contribution in [0.2, 0.25) is 0 Å². The number of carbonyl (C=O) groups excluding carboxylic acids is 3. The van der Waals surface area contributed by atoms with Crippen LogP contribution in [-0.2, 0) is 19.2 Å². The van der Waals surface area contributed by atoms with Crippen LogP contribution in [-0.4, -0.2) is 39.6 Å². The van der Waals surface area contributed by atoms with E-state index in [0.29, 0.717) is 19.3 Å². The number of carboxylic acid groups (broad SMARTS) is 1. The van der Waals surface area contributed by atoms with Gasteiger partial charge in [-0.1, -0.05) is 50.7 Å². The molecule has 1 atom stereocenters. The summed E-state index contributed by atoms with van der Waals surface area (Å²) in [5.41, 5.74) is -1.49. The summed E-state index contributed by atoms with van der Waals surface area (Å²) in [4.78, 5) is 46.1. The average molecular weight is 425 g/mol. The number of hydrogen-bond acceptors (Lipinski definition) is 5. The number of ketones is 3. The molecule has 0 aromatic heterocycles. The van der Waals surface area contributed by atoms with Crippen LogP contribution in [0.1, 0.15) is 104 Å². The monoisotopic (exact) mass is 424 g/mol. The lowest BCUT2D eigenvalue weighted by Crippen LogP contribution is -2.43. The summed E-state index contributed by atoms with van der Waals surface area (Å²) in [6, 6.07) is 0. The highest BCUT2D eigenvalue weighted by molar-refractivity contribution is 6.22. The Balaban J connectivity index is 3.87. The van der Waals surface area contributed by atoms with Crippen molar-refractivity contribution in [1.82, 2.24) is 0 Å². The van der Waals surface area contributed by atoms with E-state index in [1.54, 1.807) is 0 Å². The third-order valence-corrected chi connectivity index (χ3v) is 5.73. The molecule has 0 saturated carbocycles. The molecule has 172 valence electrons. The number of aliphatic hydroxyl groups excluding tert-OH is 1. The number of aliphatic carboxylic acids is 1. The van der Waals surface area contributed by atoms with Crippen LogP contribution in [0, 0.1) is 5.41 Å². The molecule has 2 N–H and O–H groups in total. The number of Topliss-reactive ketones (excluding diaryl/α,β-unsaturated/α-hetero) is 3. The number of carboxylic acids is 1. The zero-order valence-corrected chi connectivity index (χ0v) is 19.0. The molecule has 0 aliphatic rings. The van der Waals surface area contributed by atoms with Crippen molar-refractivity contribution in [3.8, 4) is 0 Å². The first-order valence-corrected chi connectivity index (χ1v) is 11.2. The Morgan fingerprint density at radius 3 is 1.87 bits per heavy atom. The van der Waals surface area contributed by atoms with Gasteiger partial charge in [-0.05, 0) is 59.3 Å². The standard InChI is InChI=1S/C24H40O6/c1-19(25)24(20(2)26,21(3)27)18-14-10-12-16-22(28)15-11-8-6-4-5-7-9-13-17-23(29)30/h8,11,22,28H,4-7,9-10,12-18H2,1-3H3,(H,29,30)/b11-8-/t22-/m0/s1.